The molecule has 108 valence electrons. The van der Waals surface area contributed by atoms with Gasteiger partial charge >= 0.3 is 5.97 Å². The molecular formula is C14H12N2O3S2. The number of aryl methyl sites for hydroxylation is 1. The fourth-order valence-electron chi connectivity index (χ4n) is 2.07. The summed E-state index contributed by atoms with van der Waals surface area (Å²) in [6.07, 6.45) is 0. The first-order valence-electron chi connectivity index (χ1n) is 6.35. The molecule has 0 aromatic carbocycles. The van der Waals surface area contributed by atoms with Crippen LogP contribution in [0, 0.1) is 6.92 Å². The molecule has 3 rings (SSSR count). The van der Waals surface area contributed by atoms with Gasteiger partial charge in [-0.15, -0.1) is 11.3 Å². The molecule has 0 aliphatic rings. The van der Waals surface area contributed by atoms with E-state index in [4.69, 9.17) is 4.74 Å². The van der Waals surface area contributed by atoms with Gasteiger partial charge in [0.15, 0.2) is 0 Å². The van der Waals surface area contributed by atoms with E-state index in [1.165, 1.54) is 22.7 Å². The van der Waals surface area contributed by atoms with Crippen LogP contribution in [0.2, 0.25) is 0 Å². The lowest BCUT2D eigenvalue weighted by atomic mass is 10.2. The number of aromatic nitrogens is 2. The number of nitrogens with one attached hydrogen (secondary N) is 1. The van der Waals surface area contributed by atoms with Gasteiger partial charge in [0.2, 0.25) is 0 Å². The Morgan fingerprint density at radius 1 is 1.48 bits per heavy atom. The maximum atomic E-state index is 12.3. The van der Waals surface area contributed by atoms with Crippen molar-refractivity contribution < 1.29 is 9.53 Å². The largest absolute Gasteiger partial charge is 0.462 e. The van der Waals surface area contributed by atoms with E-state index in [1.807, 2.05) is 16.8 Å². The third-order valence-corrected chi connectivity index (χ3v) is 4.90. The van der Waals surface area contributed by atoms with Crippen molar-refractivity contribution in [3.63, 3.8) is 0 Å². The SMILES string of the molecule is CCOC(=O)c1sc2nc(-c3ccsc3)[nH]c(=O)c2c1C. The molecule has 0 atom stereocenters. The number of carbonyl (C=O) groups is 1. The molecule has 0 spiro atoms. The van der Waals surface area contributed by atoms with Gasteiger partial charge in [0.05, 0.1) is 12.0 Å². The van der Waals surface area contributed by atoms with E-state index < -0.39 is 5.97 Å². The van der Waals surface area contributed by atoms with Gasteiger partial charge in [-0.1, -0.05) is 0 Å². The highest BCUT2D eigenvalue weighted by molar-refractivity contribution is 7.20. The molecule has 1 N–H and O–H groups in total. The number of nitrogens with zero attached hydrogens (tertiary/aromatic N) is 1. The summed E-state index contributed by atoms with van der Waals surface area (Å²) < 4.78 is 5.01. The Labute approximate surface area is 128 Å². The zero-order valence-corrected chi connectivity index (χ0v) is 13.1. The number of H-pyrrole nitrogens is 1. The van der Waals surface area contributed by atoms with Crippen LogP contribution >= 0.6 is 22.7 Å². The predicted molar refractivity (Wildman–Crippen MR) is 84.2 cm³/mol. The molecule has 0 saturated heterocycles. The van der Waals surface area contributed by atoms with Crippen molar-refractivity contribution in [2.75, 3.05) is 6.61 Å². The average Bonchev–Trinajstić information content (AvgIpc) is 3.07. The summed E-state index contributed by atoms with van der Waals surface area (Å²) in [4.78, 5) is 32.4. The third-order valence-electron chi connectivity index (χ3n) is 3.06. The topological polar surface area (TPSA) is 72.0 Å². The van der Waals surface area contributed by atoms with Crippen molar-refractivity contribution in [1.82, 2.24) is 9.97 Å². The van der Waals surface area contributed by atoms with E-state index in [1.54, 1.807) is 13.8 Å². The summed E-state index contributed by atoms with van der Waals surface area (Å²) in [5.41, 5.74) is 1.26. The Bertz CT molecular complexity index is 862. The number of ether oxygens (including phenoxy) is 1. The van der Waals surface area contributed by atoms with Crippen LogP contribution in [0.5, 0.6) is 0 Å². The van der Waals surface area contributed by atoms with Crippen molar-refractivity contribution in [2.24, 2.45) is 0 Å². The van der Waals surface area contributed by atoms with Crippen LogP contribution in [0.1, 0.15) is 22.2 Å². The molecule has 0 bridgehead atoms. The molecule has 0 fully saturated rings. The fraction of sp³-hybridized carbons (Fsp3) is 0.214. The second kappa shape index (κ2) is 5.42. The summed E-state index contributed by atoms with van der Waals surface area (Å²) in [7, 11) is 0. The number of carbonyl (C=O) groups excluding carboxylic acids is 1. The number of hydrogen-bond donors (Lipinski definition) is 1. The molecule has 3 aromatic rings. The van der Waals surface area contributed by atoms with E-state index in [0.29, 0.717) is 33.1 Å². The number of aromatic amines is 1. The molecule has 7 heteroatoms. The minimum absolute atomic E-state index is 0.231. The lowest BCUT2D eigenvalue weighted by Gasteiger charge is -1.99. The highest BCUT2D eigenvalue weighted by atomic mass is 32.1. The first-order valence-corrected chi connectivity index (χ1v) is 8.11. The highest BCUT2D eigenvalue weighted by Crippen LogP contribution is 2.29. The Balaban J connectivity index is 2.20. The highest BCUT2D eigenvalue weighted by Gasteiger charge is 2.20. The summed E-state index contributed by atoms with van der Waals surface area (Å²) >= 11 is 2.73. The number of rotatable bonds is 3. The van der Waals surface area contributed by atoms with Crippen molar-refractivity contribution >= 4 is 38.9 Å². The van der Waals surface area contributed by atoms with E-state index in [0.717, 1.165) is 5.56 Å². The normalized spacial score (nSPS) is 11.0. The summed E-state index contributed by atoms with van der Waals surface area (Å²) in [6.45, 7) is 3.79. The molecule has 0 saturated carbocycles. The van der Waals surface area contributed by atoms with Gasteiger partial charge in [-0.3, -0.25) is 4.79 Å². The third kappa shape index (κ3) is 2.38. The minimum Gasteiger partial charge on any atom is -0.462 e. The van der Waals surface area contributed by atoms with Gasteiger partial charge in [0.1, 0.15) is 15.5 Å². The van der Waals surface area contributed by atoms with Crippen LogP contribution in [0.3, 0.4) is 0 Å². The Morgan fingerprint density at radius 2 is 2.29 bits per heavy atom. The van der Waals surface area contributed by atoms with Crippen LogP contribution in [0.15, 0.2) is 21.6 Å². The predicted octanol–water partition coefficient (Wildman–Crippen LogP) is 3.20. The molecule has 3 heterocycles. The van der Waals surface area contributed by atoms with Crippen molar-refractivity contribution in [2.45, 2.75) is 13.8 Å². The number of thiophene rings is 2. The van der Waals surface area contributed by atoms with Crippen LogP contribution < -0.4 is 5.56 Å². The maximum absolute atomic E-state index is 12.3. The second-order valence-corrected chi connectivity index (χ2v) is 6.16. The van der Waals surface area contributed by atoms with E-state index in [-0.39, 0.29) is 5.56 Å². The van der Waals surface area contributed by atoms with E-state index in [2.05, 4.69) is 9.97 Å². The first-order chi connectivity index (χ1) is 10.1. The minimum atomic E-state index is -0.408. The summed E-state index contributed by atoms with van der Waals surface area (Å²) in [5.74, 6) is 0.111. The standard InChI is InChI=1S/C14H12N2O3S2/c1-3-19-14(18)10-7(2)9-12(17)15-11(16-13(9)21-10)8-4-5-20-6-8/h4-6H,3H2,1-2H3,(H,15,16,17). The molecule has 0 unspecified atom stereocenters. The zero-order valence-electron chi connectivity index (χ0n) is 11.4. The number of hydrogen-bond acceptors (Lipinski definition) is 6. The van der Waals surface area contributed by atoms with Crippen molar-refractivity contribution in [3.8, 4) is 11.4 Å². The monoisotopic (exact) mass is 320 g/mol. The van der Waals surface area contributed by atoms with Crippen LogP contribution in [0.4, 0.5) is 0 Å². The average molecular weight is 320 g/mol. The Morgan fingerprint density at radius 3 is 2.95 bits per heavy atom. The van der Waals surface area contributed by atoms with Gasteiger partial charge in [-0.2, -0.15) is 11.3 Å². The van der Waals surface area contributed by atoms with Crippen LogP contribution in [-0.4, -0.2) is 22.5 Å². The molecule has 3 aromatic heterocycles. The molecule has 0 radical (unpaired) electrons. The molecule has 21 heavy (non-hydrogen) atoms. The molecule has 0 aliphatic heterocycles. The van der Waals surface area contributed by atoms with Gasteiger partial charge in [0.25, 0.3) is 5.56 Å². The lowest BCUT2D eigenvalue weighted by molar-refractivity contribution is 0.0531. The smallest absolute Gasteiger partial charge is 0.348 e. The zero-order chi connectivity index (χ0) is 15.0. The first kappa shape index (κ1) is 14.0. The lowest BCUT2D eigenvalue weighted by Crippen LogP contribution is -2.09. The second-order valence-electron chi connectivity index (χ2n) is 4.38. The molecular weight excluding hydrogens is 308 g/mol. The molecule has 0 amide bonds. The van der Waals surface area contributed by atoms with Crippen LogP contribution in [-0.2, 0) is 4.74 Å². The molecule has 0 aliphatic carbocycles. The van der Waals surface area contributed by atoms with E-state index >= 15 is 0 Å². The van der Waals surface area contributed by atoms with Crippen molar-refractivity contribution in [1.29, 1.82) is 0 Å². The van der Waals surface area contributed by atoms with Crippen LogP contribution in [0.25, 0.3) is 21.6 Å². The van der Waals surface area contributed by atoms with Gasteiger partial charge in [-0.05, 0) is 30.9 Å². The van der Waals surface area contributed by atoms with Gasteiger partial charge in [0, 0.05) is 10.9 Å². The Kier molecular flexibility index (Phi) is 3.60. The number of esters is 1. The van der Waals surface area contributed by atoms with Crippen molar-refractivity contribution in [3.05, 3.63) is 37.6 Å². The Hall–Kier alpha value is -1.99. The van der Waals surface area contributed by atoms with E-state index in [9.17, 15) is 9.59 Å². The summed E-state index contributed by atoms with van der Waals surface area (Å²) in [6, 6.07) is 1.89. The summed E-state index contributed by atoms with van der Waals surface area (Å²) in [5, 5.41) is 4.29. The fourth-order valence-corrected chi connectivity index (χ4v) is 3.79. The van der Waals surface area contributed by atoms with Gasteiger partial charge < -0.3 is 9.72 Å². The number of fused-ring (bicyclic) bond motifs is 1. The van der Waals surface area contributed by atoms with Gasteiger partial charge in [-0.25, -0.2) is 9.78 Å². The quantitative estimate of drug-likeness (QED) is 0.752. The molecule has 5 nitrogen and oxygen atoms in total. The maximum Gasteiger partial charge on any atom is 0.348 e.